The standard InChI is InChI=1S/C23H24O9/c1-24-19-16(20(25-2)22-23(21(19)26-3)32-10-31-22)18-13-8-27-17(12(13)7-28-18)11-4-5-14-15(6-11)30-9-29-14/h4-6,12-13,17-18H,7-10H2,1-3H3/t12-,13-,17+,18-/m0/s1. The zero-order valence-electron chi connectivity index (χ0n) is 18.0. The fourth-order valence-corrected chi connectivity index (χ4v) is 5.19. The van der Waals surface area contributed by atoms with Crippen LogP contribution in [0.25, 0.3) is 0 Å². The van der Waals surface area contributed by atoms with E-state index < -0.39 is 0 Å². The highest BCUT2D eigenvalue weighted by Gasteiger charge is 2.51. The molecule has 0 amide bonds. The second-order valence-corrected chi connectivity index (χ2v) is 8.03. The second kappa shape index (κ2) is 7.53. The lowest BCUT2D eigenvalue weighted by atomic mass is 9.84. The molecule has 32 heavy (non-hydrogen) atoms. The summed E-state index contributed by atoms with van der Waals surface area (Å²) in [5.74, 6) is 4.25. The van der Waals surface area contributed by atoms with E-state index in [0.717, 1.165) is 22.6 Å². The van der Waals surface area contributed by atoms with Crippen molar-refractivity contribution in [2.75, 3.05) is 48.1 Å². The Morgan fingerprint density at radius 1 is 0.688 bits per heavy atom. The molecule has 2 aromatic carbocycles. The largest absolute Gasteiger partial charge is 0.492 e. The van der Waals surface area contributed by atoms with Crippen molar-refractivity contribution in [1.29, 1.82) is 0 Å². The van der Waals surface area contributed by atoms with Crippen molar-refractivity contribution >= 4 is 0 Å². The summed E-state index contributed by atoms with van der Waals surface area (Å²) in [4.78, 5) is 0. The Morgan fingerprint density at radius 2 is 1.31 bits per heavy atom. The van der Waals surface area contributed by atoms with E-state index in [4.69, 9.17) is 42.6 Å². The number of hydrogen-bond acceptors (Lipinski definition) is 9. The fraction of sp³-hybridized carbons (Fsp3) is 0.478. The smallest absolute Gasteiger partial charge is 0.231 e. The van der Waals surface area contributed by atoms with Crippen LogP contribution in [0.4, 0.5) is 0 Å². The van der Waals surface area contributed by atoms with Gasteiger partial charge in [-0.1, -0.05) is 6.07 Å². The third-order valence-corrected chi connectivity index (χ3v) is 6.61. The van der Waals surface area contributed by atoms with E-state index in [2.05, 4.69) is 0 Å². The van der Waals surface area contributed by atoms with E-state index in [0.29, 0.717) is 42.0 Å². The topological polar surface area (TPSA) is 83.1 Å². The van der Waals surface area contributed by atoms with Crippen molar-refractivity contribution < 1.29 is 42.6 Å². The van der Waals surface area contributed by atoms with Crippen LogP contribution in [-0.2, 0) is 9.47 Å². The first-order valence-corrected chi connectivity index (χ1v) is 10.5. The monoisotopic (exact) mass is 444 g/mol. The van der Waals surface area contributed by atoms with Crippen molar-refractivity contribution in [2.24, 2.45) is 11.8 Å². The summed E-state index contributed by atoms with van der Waals surface area (Å²) in [6, 6.07) is 5.95. The Labute approximate surface area is 185 Å². The van der Waals surface area contributed by atoms with Gasteiger partial charge in [0.25, 0.3) is 0 Å². The zero-order valence-corrected chi connectivity index (χ0v) is 18.0. The summed E-state index contributed by atoms with van der Waals surface area (Å²) < 4.78 is 52.1. The van der Waals surface area contributed by atoms with Gasteiger partial charge in [-0.2, -0.15) is 0 Å². The Kier molecular flexibility index (Phi) is 4.62. The number of fused-ring (bicyclic) bond motifs is 3. The van der Waals surface area contributed by atoms with E-state index in [1.165, 1.54) is 0 Å². The van der Waals surface area contributed by atoms with Gasteiger partial charge in [-0.15, -0.1) is 0 Å². The molecule has 0 radical (unpaired) electrons. The van der Waals surface area contributed by atoms with Crippen molar-refractivity contribution in [1.82, 2.24) is 0 Å². The Morgan fingerprint density at radius 3 is 2.06 bits per heavy atom. The van der Waals surface area contributed by atoms with Crippen LogP contribution in [0.5, 0.6) is 40.2 Å². The molecule has 4 aliphatic rings. The van der Waals surface area contributed by atoms with E-state index in [9.17, 15) is 0 Å². The number of methoxy groups -OCH3 is 3. The molecule has 0 spiro atoms. The highest BCUT2D eigenvalue weighted by molar-refractivity contribution is 5.71. The molecular weight excluding hydrogens is 420 g/mol. The second-order valence-electron chi connectivity index (χ2n) is 8.03. The molecule has 9 heteroatoms. The molecule has 2 aromatic rings. The van der Waals surface area contributed by atoms with Crippen LogP contribution in [0, 0.1) is 11.8 Å². The lowest BCUT2D eigenvalue weighted by Crippen LogP contribution is -2.16. The molecule has 9 nitrogen and oxygen atoms in total. The first-order chi connectivity index (χ1) is 15.7. The maximum Gasteiger partial charge on any atom is 0.231 e. The summed E-state index contributed by atoms with van der Waals surface area (Å²) in [5, 5.41) is 0. The van der Waals surface area contributed by atoms with Crippen LogP contribution >= 0.6 is 0 Å². The van der Waals surface area contributed by atoms with Gasteiger partial charge in [-0.25, -0.2) is 0 Å². The van der Waals surface area contributed by atoms with Gasteiger partial charge in [0.1, 0.15) is 0 Å². The lowest BCUT2D eigenvalue weighted by Gasteiger charge is -2.24. The zero-order chi connectivity index (χ0) is 21.8. The molecule has 0 aliphatic carbocycles. The van der Waals surface area contributed by atoms with Gasteiger partial charge in [-0.3, -0.25) is 0 Å². The van der Waals surface area contributed by atoms with Gasteiger partial charge in [0.05, 0.1) is 52.3 Å². The fourth-order valence-electron chi connectivity index (χ4n) is 5.19. The third kappa shape index (κ3) is 2.70. The summed E-state index contributed by atoms with van der Waals surface area (Å²) >= 11 is 0. The SMILES string of the molecule is COc1c2c(c(OC)c([C@H]3OC[C@H]4[C@@H]3CO[C@@H]4c3ccc4c(c3)OCO4)c1OC)OCO2. The molecule has 0 aromatic heterocycles. The minimum absolute atomic E-state index is 0.0849. The molecule has 0 unspecified atom stereocenters. The molecule has 4 heterocycles. The van der Waals surface area contributed by atoms with E-state index in [1.807, 2.05) is 18.2 Å². The maximum absolute atomic E-state index is 6.35. The normalized spacial score (nSPS) is 26.8. The predicted octanol–water partition coefficient (Wildman–Crippen LogP) is 3.25. The van der Waals surface area contributed by atoms with Gasteiger partial charge in [0, 0.05) is 11.8 Å². The first-order valence-electron chi connectivity index (χ1n) is 10.5. The van der Waals surface area contributed by atoms with Crippen LogP contribution in [0.15, 0.2) is 18.2 Å². The average Bonchev–Trinajstić information content (AvgIpc) is 3.60. The summed E-state index contributed by atoms with van der Waals surface area (Å²) in [6.45, 7) is 1.41. The quantitative estimate of drug-likeness (QED) is 0.690. The van der Waals surface area contributed by atoms with Gasteiger partial charge in [0.2, 0.25) is 30.8 Å². The molecule has 2 saturated heterocycles. The van der Waals surface area contributed by atoms with E-state index >= 15 is 0 Å². The molecule has 4 aliphatic heterocycles. The molecular formula is C23H24O9. The molecule has 0 N–H and O–H groups in total. The third-order valence-electron chi connectivity index (χ3n) is 6.61. The van der Waals surface area contributed by atoms with Crippen molar-refractivity contribution in [3.05, 3.63) is 29.3 Å². The minimum atomic E-state index is -0.313. The Hall–Kier alpha value is -3.04. The van der Waals surface area contributed by atoms with Gasteiger partial charge < -0.3 is 42.6 Å². The Balaban J connectivity index is 1.38. The molecule has 4 atom stereocenters. The highest BCUT2D eigenvalue weighted by Crippen LogP contribution is 2.61. The molecule has 0 saturated carbocycles. The average molecular weight is 444 g/mol. The molecule has 0 bridgehead atoms. The summed E-state index contributed by atoms with van der Waals surface area (Å²) in [5.41, 5.74) is 1.80. The minimum Gasteiger partial charge on any atom is -0.492 e. The van der Waals surface area contributed by atoms with Gasteiger partial charge in [-0.05, 0) is 17.7 Å². The number of rotatable bonds is 5. The van der Waals surface area contributed by atoms with Crippen molar-refractivity contribution in [3.63, 3.8) is 0 Å². The maximum atomic E-state index is 6.35. The van der Waals surface area contributed by atoms with Crippen LogP contribution in [0.3, 0.4) is 0 Å². The predicted molar refractivity (Wildman–Crippen MR) is 109 cm³/mol. The molecule has 2 fully saturated rings. The first kappa shape index (κ1) is 19.6. The number of hydrogen-bond donors (Lipinski definition) is 0. The van der Waals surface area contributed by atoms with E-state index in [1.54, 1.807) is 21.3 Å². The highest BCUT2D eigenvalue weighted by atomic mass is 16.7. The van der Waals surface area contributed by atoms with Gasteiger partial charge in [0.15, 0.2) is 23.0 Å². The summed E-state index contributed by atoms with van der Waals surface area (Å²) in [6.07, 6.45) is -0.417. The Bertz CT molecular complexity index is 1050. The number of benzene rings is 2. The van der Waals surface area contributed by atoms with Crippen LogP contribution < -0.4 is 33.2 Å². The van der Waals surface area contributed by atoms with E-state index in [-0.39, 0.29) is 37.6 Å². The van der Waals surface area contributed by atoms with Gasteiger partial charge >= 0.3 is 0 Å². The number of ether oxygens (including phenoxy) is 9. The summed E-state index contributed by atoms with van der Waals surface area (Å²) in [7, 11) is 4.76. The molecule has 170 valence electrons. The lowest BCUT2D eigenvalue weighted by molar-refractivity contribution is 0.0175. The van der Waals surface area contributed by atoms with Crippen LogP contribution in [0.2, 0.25) is 0 Å². The van der Waals surface area contributed by atoms with Crippen LogP contribution in [0.1, 0.15) is 23.3 Å². The molecule has 6 rings (SSSR count). The van der Waals surface area contributed by atoms with Crippen LogP contribution in [-0.4, -0.2) is 48.1 Å². The van der Waals surface area contributed by atoms with Crippen molar-refractivity contribution in [3.8, 4) is 40.2 Å². The van der Waals surface area contributed by atoms with Crippen molar-refractivity contribution in [2.45, 2.75) is 12.2 Å².